The molecule has 30 heavy (non-hydrogen) atoms. The SMILES string of the molecule is CCOC1Nc2ccc(C#CC(C)(O)c3ncccn3)cc2N1c1ccnc(N)n1. The first-order chi connectivity index (χ1) is 14.5. The van der Waals surface area contributed by atoms with Gasteiger partial charge in [-0.1, -0.05) is 11.8 Å². The number of fused-ring (bicyclic) bond motifs is 1. The Kier molecular flexibility index (Phi) is 5.18. The first kappa shape index (κ1) is 19.6. The average Bonchev–Trinajstić information content (AvgIpc) is 3.10. The maximum absolute atomic E-state index is 10.6. The molecule has 9 heteroatoms. The number of aliphatic hydroxyl groups is 1. The third-order valence-electron chi connectivity index (χ3n) is 4.45. The highest BCUT2D eigenvalue weighted by molar-refractivity contribution is 5.82. The molecule has 1 aliphatic heterocycles. The lowest BCUT2D eigenvalue weighted by molar-refractivity contribution is 0.0909. The van der Waals surface area contributed by atoms with Gasteiger partial charge in [0.2, 0.25) is 12.3 Å². The van der Waals surface area contributed by atoms with Gasteiger partial charge in [-0.2, -0.15) is 4.98 Å². The quantitative estimate of drug-likeness (QED) is 0.561. The minimum Gasteiger partial charge on any atom is -0.371 e. The summed E-state index contributed by atoms with van der Waals surface area (Å²) in [6, 6.07) is 9.11. The molecule has 4 rings (SSSR count). The first-order valence-electron chi connectivity index (χ1n) is 9.41. The number of nitrogen functional groups attached to an aromatic ring is 1. The van der Waals surface area contributed by atoms with E-state index in [2.05, 4.69) is 37.1 Å². The van der Waals surface area contributed by atoms with E-state index in [9.17, 15) is 5.11 Å². The molecule has 0 saturated carbocycles. The highest BCUT2D eigenvalue weighted by Gasteiger charge is 2.32. The first-order valence-corrected chi connectivity index (χ1v) is 9.41. The van der Waals surface area contributed by atoms with Crippen LogP contribution in [-0.4, -0.2) is 38.0 Å². The summed E-state index contributed by atoms with van der Waals surface area (Å²) in [6.07, 6.45) is 4.29. The zero-order chi connectivity index (χ0) is 21.1. The smallest absolute Gasteiger partial charge is 0.221 e. The van der Waals surface area contributed by atoms with Gasteiger partial charge < -0.3 is 20.9 Å². The van der Waals surface area contributed by atoms with Crippen molar-refractivity contribution in [2.45, 2.75) is 25.8 Å². The number of aromatic nitrogens is 4. The molecule has 0 bridgehead atoms. The Labute approximate surface area is 174 Å². The van der Waals surface area contributed by atoms with Crippen LogP contribution < -0.4 is 16.0 Å². The standard InChI is InChI=1S/C21H21N7O2/c1-3-30-20-26-15-6-5-14(7-9-21(2,29)18-23-10-4-11-24-18)13-16(15)28(20)17-8-12-25-19(22)27-17/h4-6,8,10-13,20,26,29H,3H2,1-2H3,(H2,22,25,27). The van der Waals surface area contributed by atoms with Crippen LogP contribution in [0, 0.1) is 11.8 Å². The fraction of sp³-hybridized carbons (Fsp3) is 0.238. The lowest BCUT2D eigenvalue weighted by atomic mass is 10.1. The van der Waals surface area contributed by atoms with Gasteiger partial charge in [-0.15, -0.1) is 0 Å². The van der Waals surface area contributed by atoms with Crippen molar-refractivity contribution in [1.29, 1.82) is 0 Å². The molecular formula is C21H21N7O2. The molecule has 9 nitrogen and oxygen atoms in total. The van der Waals surface area contributed by atoms with Gasteiger partial charge in [-0.3, -0.25) is 4.90 Å². The Morgan fingerprint density at radius 2 is 2.03 bits per heavy atom. The molecule has 2 aromatic heterocycles. The second kappa shape index (κ2) is 7.94. The van der Waals surface area contributed by atoms with Crippen molar-refractivity contribution in [3.8, 4) is 11.8 Å². The summed E-state index contributed by atoms with van der Waals surface area (Å²) in [5.41, 5.74) is 6.70. The molecule has 0 amide bonds. The summed E-state index contributed by atoms with van der Waals surface area (Å²) >= 11 is 0. The molecule has 0 spiro atoms. The van der Waals surface area contributed by atoms with E-state index in [1.807, 2.05) is 30.0 Å². The van der Waals surface area contributed by atoms with Crippen molar-refractivity contribution in [2.75, 3.05) is 22.6 Å². The van der Waals surface area contributed by atoms with E-state index in [0.29, 0.717) is 18.0 Å². The predicted molar refractivity (Wildman–Crippen MR) is 113 cm³/mol. The molecule has 0 saturated heterocycles. The summed E-state index contributed by atoms with van der Waals surface area (Å²) in [5, 5.41) is 14.0. The molecule has 0 fully saturated rings. The van der Waals surface area contributed by atoms with E-state index >= 15 is 0 Å². The summed E-state index contributed by atoms with van der Waals surface area (Å²) in [5.74, 6) is 6.87. The number of nitrogens with two attached hydrogens (primary N) is 1. The number of hydrogen-bond donors (Lipinski definition) is 3. The van der Waals surface area contributed by atoms with Crippen molar-refractivity contribution >= 4 is 23.1 Å². The molecule has 1 aromatic carbocycles. The third kappa shape index (κ3) is 3.87. The topological polar surface area (TPSA) is 122 Å². The number of hydrogen-bond acceptors (Lipinski definition) is 9. The van der Waals surface area contributed by atoms with E-state index in [1.165, 1.54) is 0 Å². The van der Waals surface area contributed by atoms with Crippen LogP contribution in [0.1, 0.15) is 25.2 Å². The molecule has 4 N–H and O–H groups in total. The van der Waals surface area contributed by atoms with Crippen LogP contribution in [0.25, 0.3) is 0 Å². The number of nitrogens with one attached hydrogen (secondary N) is 1. The zero-order valence-electron chi connectivity index (χ0n) is 16.6. The normalized spacial score (nSPS) is 16.8. The van der Waals surface area contributed by atoms with E-state index in [0.717, 1.165) is 11.4 Å². The number of rotatable bonds is 4. The maximum atomic E-state index is 10.6. The molecule has 0 radical (unpaired) electrons. The highest BCUT2D eigenvalue weighted by atomic mass is 16.5. The van der Waals surface area contributed by atoms with Crippen LogP contribution in [0.5, 0.6) is 0 Å². The molecule has 2 unspecified atom stereocenters. The summed E-state index contributed by atoms with van der Waals surface area (Å²) < 4.78 is 5.83. The van der Waals surface area contributed by atoms with Crippen LogP contribution in [0.3, 0.4) is 0 Å². The second-order valence-electron chi connectivity index (χ2n) is 6.72. The van der Waals surface area contributed by atoms with Crippen molar-refractivity contribution in [3.63, 3.8) is 0 Å². The van der Waals surface area contributed by atoms with Gasteiger partial charge in [0.25, 0.3) is 0 Å². The van der Waals surface area contributed by atoms with E-state index < -0.39 is 12.0 Å². The van der Waals surface area contributed by atoms with Crippen molar-refractivity contribution in [2.24, 2.45) is 0 Å². The Morgan fingerprint density at radius 1 is 1.23 bits per heavy atom. The van der Waals surface area contributed by atoms with Crippen LogP contribution >= 0.6 is 0 Å². The number of nitrogens with zero attached hydrogens (tertiary/aromatic N) is 5. The summed E-state index contributed by atoms with van der Waals surface area (Å²) in [4.78, 5) is 18.3. The molecule has 3 aromatic rings. The highest BCUT2D eigenvalue weighted by Crippen LogP contribution is 2.40. The van der Waals surface area contributed by atoms with E-state index in [-0.39, 0.29) is 11.8 Å². The van der Waals surface area contributed by atoms with Gasteiger partial charge in [0.05, 0.1) is 11.4 Å². The van der Waals surface area contributed by atoms with Crippen molar-refractivity contribution in [1.82, 2.24) is 19.9 Å². The van der Waals surface area contributed by atoms with Crippen molar-refractivity contribution in [3.05, 3.63) is 60.3 Å². The number of ether oxygens (including phenoxy) is 1. The predicted octanol–water partition coefficient (Wildman–Crippen LogP) is 1.99. The Morgan fingerprint density at radius 3 is 2.77 bits per heavy atom. The molecule has 2 atom stereocenters. The Hall–Kier alpha value is -3.74. The van der Waals surface area contributed by atoms with Crippen LogP contribution in [0.2, 0.25) is 0 Å². The zero-order valence-corrected chi connectivity index (χ0v) is 16.6. The monoisotopic (exact) mass is 403 g/mol. The maximum Gasteiger partial charge on any atom is 0.221 e. The molecule has 1 aliphatic rings. The fourth-order valence-corrected chi connectivity index (χ4v) is 3.07. The molecule has 0 aliphatic carbocycles. The lowest BCUT2D eigenvalue weighted by Crippen LogP contribution is -2.35. The Bertz CT molecular complexity index is 1110. The van der Waals surface area contributed by atoms with E-state index in [1.54, 1.807) is 37.6 Å². The van der Waals surface area contributed by atoms with Crippen molar-refractivity contribution < 1.29 is 9.84 Å². The number of benzene rings is 1. The minimum absolute atomic E-state index is 0.172. The number of anilines is 4. The van der Waals surface area contributed by atoms with Crippen LogP contribution in [0.4, 0.5) is 23.1 Å². The van der Waals surface area contributed by atoms with Gasteiger partial charge in [0.15, 0.2) is 11.4 Å². The fourth-order valence-electron chi connectivity index (χ4n) is 3.07. The molecular weight excluding hydrogens is 382 g/mol. The largest absolute Gasteiger partial charge is 0.371 e. The minimum atomic E-state index is -1.48. The summed E-state index contributed by atoms with van der Waals surface area (Å²) in [7, 11) is 0. The molecule has 152 valence electrons. The van der Waals surface area contributed by atoms with Crippen LogP contribution in [-0.2, 0) is 10.3 Å². The van der Waals surface area contributed by atoms with Gasteiger partial charge in [-0.05, 0) is 44.2 Å². The third-order valence-corrected chi connectivity index (χ3v) is 4.45. The van der Waals surface area contributed by atoms with Crippen LogP contribution in [0.15, 0.2) is 48.9 Å². The van der Waals surface area contributed by atoms with Gasteiger partial charge in [0.1, 0.15) is 5.82 Å². The van der Waals surface area contributed by atoms with Gasteiger partial charge in [0, 0.05) is 30.8 Å². The lowest BCUT2D eigenvalue weighted by Gasteiger charge is -2.25. The second-order valence-corrected chi connectivity index (χ2v) is 6.72. The van der Waals surface area contributed by atoms with Gasteiger partial charge in [-0.25, -0.2) is 15.0 Å². The summed E-state index contributed by atoms with van der Waals surface area (Å²) in [6.45, 7) is 3.99. The average molecular weight is 403 g/mol. The van der Waals surface area contributed by atoms with E-state index in [4.69, 9.17) is 10.5 Å². The Balaban J connectivity index is 1.70. The van der Waals surface area contributed by atoms with Gasteiger partial charge >= 0.3 is 0 Å². The molecule has 3 heterocycles.